The molecule has 0 aliphatic carbocycles. The van der Waals surface area contributed by atoms with E-state index in [0.717, 1.165) is 9.35 Å². The summed E-state index contributed by atoms with van der Waals surface area (Å²) >= 11 is 4.68. The summed E-state index contributed by atoms with van der Waals surface area (Å²) in [6.45, 7) is 3.74. The van der Waals surface area contributed by atoms with Gasteiger partial charge in [-0.15, -0.1) is 11.3 Å². The molecule has 0 fully saturated rings. The fraction of sp³-hybridized carbons (Fsp3) is 0.455. The van der Waals surface area contributed by atoms with Crippen LogP contribution in [0.4, 0.5) is 0 Å². The number of esters is 1. The number of carbonyl (C=O) groups excluding carboxylic acids is 2. The van der Waals surface area contributed by atoms with E-state index in [4.69, 9.17) is 4.74 Å². The van der Waals surface area contributed by atoms with Crippen molar-refractivity contribution in [1.29, 1.82) is 0 Å². The Morgan fingerprint density at radius 2 is 2.39 bits per heavy atom. The second kappa shape index (κ2) is 6.86. The number of hydrogen-bond acceptors (Lipinski definition) is 5. The van der Waals surface area contributed by atoms with Gasteiger partial charge in [0.1, 0.15) is 6.10 Å². The summed E-state index contributed by atoms with van der Waals surface area (Å²) < 4.78 is 5.67. The summed E-state index contributed by atoms with van der Waals surface area (Å²) in [6.07, 6.45) is -0.746. The zero-order chi connectivity index (χ0) is 13.7. The molecule has 7 heteroatoms. The van der Waals surface area contributed by atoms with Gasteiger partial charge in [0.2, 0.25) is 6.41 Å². The lowest BCUT2D eigenvalue weighted by atomic mass is 10.1. The standard InChI is InChI=1S/C11H14BrNO4S/c1-3-17-11(16)9(13-5-14)10(15)8-4-7(12)6(2)18-8/h4-5,9-10,15H,3H2,1-2H3,(H,13,14). The van der Waals surface area contributed by atoms with Gasteiger partial charge in [0.15, 0.2) is 6.04 Å². The maximum atomic E-state index is 11.6. The van der Waals surface area contributed by atoms with Crippen LogP contribution in [0.15, 0.2) is 10.5 Å². The molecule has 100 valence electrons. The van der Waals surface area contributed by atoms with Crippen LogP contribution in [0.3, 0.4) is 0 Å². The molecular formula is C11H14BrNO4S. The lowest BCUT2D eigenvalue weighted by Crippen LogP contribution is -2.42. The van der Waals surface area contributed by atoms with Gasteiger partial charge in [-0.1, -0.05) is 0 Å². The second-order valence-electron chi connectivity index (χ2n) is 3.51. The fourth-order valence-electron chi connectivity index (χ4n) is 1.38. The molecule has 0 bridgehead atoms. The molecule has 1 heterocycles. The molecule has 1 rings (SSSR count). The number of amides is 1. The number of hydrogen-bond donors (Lipinski definition) is 2. The first-order valence-corrected chi connectivity index (χ1v) is 6.92. The maximum Gasteiger partial charge on any atom is 0.331 e. The SMILES string of the molecule is CCOC(=O)C(NC=O)C(O)c1cc(Br)c(C)s1. The smallest absolute Gasteiger partial charge is 0.331 e. The predicted molar refractivity (Wildman–Crippen MR) is 71.3 cm³/mol. The molecule has 0 spiro atoms. The van der Waals surface area contributed by atoms with E-state index in [9.17, 15) is 14.7 Å². The Morgan fingerprint density at radius 1 is 1.72 bits per heavy atom. The van der Waals surface area contributed by atoms with Crippen molar-refractivity contribution in [3.05, 3.63) is 20.3 Å². The summed E-state index contributed by atoms with van der Waals surface area (Å²) in [5, 5.41) is 12.4. The number of thiophene rings is 1. The van der Waals surface area contributed by atoms with Gasteiger partial charge >= 0.3 is 5.97 Å². The van der Waals surface area contributed by atoms with Crippen LogP contribution in [-0.2, 0) is 14.3 Å². The Kier molecular flexibility index (Phi) is 5.77. The van der Waals surface area contributed by atoms with Gasteiger partial charge in [-0.25, -0.2) is 4.79 Å². The molecule has 0 radical (unpaired) electrons. The first kappa shape index (κ1) is 15.1. The van der Waals surface area contributed by atoms with Gasteiger partial charge in [-0.2, -0.15) is 0 Å². The molecule has 5 nitrogen and oxygen atoms in total. The monoisotopic (exact) mass is 335 g/mol. The number of aliphatic hydroxyl groups excluding tert-OH is 1. The Hall–Kier alpha value is -0.920. The second-order valence-corrected chi connectivity index (χ2v) is 5.65. The number of aliphatic hydroxyl groups is 1. The number of carbonyl (C=O) groups is 2. The normalized spacial score (nSPS) is 13.8. The summed E-state index contributed by atoms with van der Waals surface area (Å²) in [5.74, 6) is -0.653. The third kappa shape index (κ3) is 3.54. The van der Waals surface area contributed by atoms with Gasteiger partial charge < -0.3 is 15.2 Å². The van der Waals surface area contributed by atoms with Gasteiger partial charge in [0.25, 0.3) is 0 Å². The quantitative estimate of drug-likeness (QED) is 0.610. The first-order chi connectivity index (χ1) is 8.51. The molecular weight excluding hydrogens is 322 g/mol. The lowest BCUT2D eigenvalue weighted by molar-refractivity contribution is -0.149. The summed E-state index contributed by atoms with van der Waals surface area (Å²) in [5.41, 5.74) is 0. The van der Waals surface area contributed by atoms with Crippen LogP contribution in [0.5, 0.6) is 0 Å². The number of rotatable bonds is 6. The Morgan fingerprint density at radius 3 is 2.83 bits per heavy atom. The largest absolute Gasteiger partial charge is 0.464 e. The highest BCUT2D eigenvalue weighted by Crippen LogP contribution is 2.32. The maximum absolute atomic E-state index is 11.6. The average Bonchev–Trinajstić information content (AvgIpc) is 2.66. The highest BCUT2D eigenvalue weighted by molar-refractivity contribution is 9.10. The highest BCUT2D eigenvalue weighted by Gasteiger charge is 2.30. The lowest BCUT2D eigenvalue weighted by Gasteiger charge is -2.19. The highest BCUT2D eigenvalue weighted by atomic mass is 79.9. The van der Waals surface area contributed by atoms with Gasteiger partial charge in [-0.05, 0) is 35.8 Å². The Balaban J connectivity index is 2.91. The summed E-state index contributed by atoms with van der Waals surface area (Å²) in [6, 6.07) is 0.635. The van der Waals surface area contributed by atoms with E-state index in [-0.39, 0.29) is 6.61 Å². The molecule has 0 aliphatic rings. The molecule has 1 aromatic heterocycles. The number of nitrogens with one attached hydrogen (secondary N) is 1. The van der Waals surface area contributed by atoms with Crippen LogP contribution in [0.2, 0.25) is 0 Å². The predicted octanol–water partition coefficient (Wildman–Crippen LogP) is 1.53. The first-order valence-electron chi connectivity index (χ1n) is 5.31. The number of halogens is 1. The van der Waals surface area contributed by atoms with Crippen molar-refractivity contribution in [2.75, 3.05) is 6.61 Å². The molecule has 2 atom stereocenters. The van der Waals surface area contributed by atoms with Crippen molar-refractivity contribution in [3.8, 4) is 0 Å². The molecule has 0 saturated carbocycles. The summed E-state index contributed by atoms with van der Waals surface area (Å²) in [7, 11) is 0. The fourth-order valence-corrected chi connectivity index (χ4v) is 2.97. The minimum absolute atomic E-state index is 0.190. The number of ether oxygens (including phenoxy) is 1. The van der Waals surface area contributed by atoms with Crippen molar-refractivity contribution in [3.63, 3.8) is 0 Å². The summed E-state index contributed by atoms with van der Waals surface area (Å²) in [4.78, 5) is 23.7. The van der Waals surface area contributed by atoms with E-state index in [1.165, 1.54) is 11.3 Å². The van der Waals surface area contributed by atoms with E-state index in [0.29, 0.717) is 11.3 Å². The van der Waals surface area contributed by atoms with Crippen LogP contribution in [0.1, 0.15) is 22.8 Å². The number of aryl methyl sites for hydroxylation is 1. The molecule has 2 unspecified atom stereocenters. The van der Waals surface area contributed by atoms with Gasteiger partial charge in [-0.3, -0.25) is 4.79 Å². The van der Waals surface area contributed by atoms with Crippen molar-refractivity contribution in [1.82, 2.24) is 5.32 Å². The van der Waals surface area contributed by atoms with Crippen LogP contribution in [0.25, 0.3) is 0 Å². The Bertz CT molecular complexity index is 415. The third-order valence-corrected chi connectivity index (χ3v) is 4.48. The van der Waals surface area contributed by atoms with Crippen LogP contribution >= 0.6 is 27.3 Å². The van der Waals surface area contributed by atoms with Crippen LogP contribution < -0.4 is 5.32 Å². The molecule has 18 heavy (non-hydrogen) atoms. The minimum Gasteiger partial charge on any atom is -0.464 e. The van der Waals surface area contributed by atoms with Crippen LogP contribution in [-0.4, -0.2) is 30.1 Å². The van der Waals surface area contributed by atoms with E-state index in [1.807, 2.05) is 6.92 Å². The molecule has 2 N–H and O–H groups in total. The van der Waals surface area contributed by atoms with Crippen molar-refractivity contribution < 1.29 is 19.4 Å². The van der Waals surface area contributed by atoms with Crippen molar-refractivity contribution in [2.24, 2.45) is 0 Å². The van der Waals surface area contributed by atoms with Crippen LogP contribution in [0, 0.1) is 6.92 Å². The molecule has 1 aromatic rings. The topological polar surface area (TPSA) is 75.6 Å². The zero-order valence-electron chi connectivity index (χ0n) is 9.97. The third-order valence-electron chi connectivity index (χ3n) is 2.27. The van der Waals surface area contributed by atoms with E-state index < -0.39 is 18.1 Å². The molecule has 1 amide bonds. The van der Waals surface area contributed by atoms with Crippen molar-refractivity contribution in [2.45, 2.75) is 26.0 Å². The van der Waals surface area contributed by atoms with Gasteiger partial charge in [0.05, 0.1) is 6.61 Å². The minimum atomic E-state index is -1.12. The van der Waals surface area contributed by atoms with E-state index in [2.05, 4.69) is 21.2 Å². The Labute approximate surface area is 117 Å². The molecule has 0 aromatic carbocycles. The average molecular weight is 336 g/mol. The zero-order valence-corrected chi connectivity index (χ0v) is 12.4. The van der Waals surface area contributed by atoms with Gasteiger partial charge in [0, 0.05) is 14.2 Å². The molecule has 0 saturated heterocycles. The van der Waals surface area contributed by atoms with E-state index >= 15 is 0 Å². The van der Waals surface area contributed by atoms with E-state index in [1.54, 1.807) is 13.0 Å². The molecule has 0 aliphatic heterocycles. The van der Waals surface area contributed by atoms with Crippen molar-refractivity contribution >= 4 is 39.6 Å².